The smallest absolute Gasteiger partial charge is 0.260 e. The van der Waals surface area contributed by atoms with Crippen molar-refractivity contribution in [3.05, 3.63) is 82.2 Å². The van der Waals surface area contributed by atoms with Crippen molar-refractivity contribution in [2.45, 2.75) is 34.6 Å². The summed E-state index contributed by atoms with van der Waals surface area (Å²) in [7, 11) is -3.64. The third-order valence-electron chi connectivity index (χ3n) is 5.59. The van der Waals surface area contributed by atoms with Crippen molar-refractivity contribution in [2.24, 2.45) is 5.10 Å². The average molecular weight is 467 g/mol. The van der Waals surface area contributed by atoms with Crippen molar-refractivity contribution in [3.8, 4) is 5.69 Å². The van der Waals surface area contributed by atoms with E-state index in [4.69, 9.17) is 0 Å². The number of hydrogen-bond acceptors (Lipinski definition) is 4. The zero-order valence-corrected chi connectivity index (χ0v) is 20.7. The van der Waals surface area contributed by atoms with E-state index in [9.17, 15) is 13.2 Å². The van der Waals surface area contributed by atoms with E-state index in [0.717, 1.165) is 38.8 Å². The fraction of sp³-hybridized carbons (Fsp3) is 0.280. The van der Waals surface area contributed by atoms with Crippen molar-refractivity contribution in [1.29, 1.82) is 0 Å². The van der Waals surface area contributed by atoms with Crippen molar-refractivity contribution in [3.63, 3.8) is 0 Å². The lowest BCUT2D eigenvalue weighted by atomic mass is 10.1. The zero-order chi connectivity index (χ0) is 24.3. The van der Waals surface area contributed by atoms with Gasteiger partial charge in [0, 0.05) is 22.6 Å². The van der Waals surface area contributed by atoms with E-state index in [-0.39, 0.29) is 6.54 Å². The van der Waals surface area contributed by atoms with E-state index in [2.05, 4.69) is 47.1 Å². The third-order valence-corrected chi connectivity index (χ3v) is 6.73. The Hall–Kier alpha value is -3.39. The van der Waals surface area contributed by atoms with E-state index >= 15 is 0 Å². The predicted molar refractivity (Wildman–Crippen MR) is 134 cm³/mol. The van der Waals surface area contributed by atoms with E-state index < -0.39 is 15.9 Å². The molecule has 0 saturated carbocycles. The highest BCUT2D eigenvalue weighted by molar-refractivity contribution is 7.92. The largest absolute Gasteiger partial charge is 0.318 e. The topological polar surface area (TPSA) is 83.8 Å². The number of hydrazone groups is 1. The van der Waals surface area contributed by atoms with Gasteiger partial charge in [0.25, 0.3) is 5.91 Å². The number of rotatable bonds is 7. The number of aromatic nitrogens is 1. The molecule has 0 saturated heterocycles. The first-order valence-corrected chi connectivity index (χ1v) is 12.4. The van der Waals surface area contributed by atoms with Gasteiger partial charge in [-0.25, -0.2) is 13.8 Å². The number of anilines is 1. The van der Waals surface area contributed by atoms with E-state index in [1.807, 2.05) is 32.9 Å². The van der Waals surface area contributed by atoms with Crippen LogP contribution in [0.5, 0.6) is 0 Å². The molecule has 3 aromatic rings. The maximum Gasteiger partial charge on any atom is 0.260 e. The number of aryl methyl sites for hydroxylation is 4. The van der Waals surface area contributed by atoms with Crippen molar-refractivity contribution in [2.75, 3.05) is 17.1 Å². The molecular formula is C25H30N4O3S. The van der Waals surface area contributed by atoms with E-state index in [0.29, 0.717) is 5.69 Å². The third kappa shape index (κ3) is 5.70. The van der Waals surface area contributed by atoms with Crippen LogP contribution in [0.15, 0.2) is 53.6 Å². The summed E-state index contributed by atoms with van der Waals surface area (Å²) in [6.07, 6.45) is 2.66. The molecule has 0 aliphatic heterocycles. The molecule has 3 rings (SSSR count). The van der Waals surface area contributed by atoms with Crippen LogP contribution in [0.3, 0.4) is 0 Å². The highest BCUT2D eigenvalue weighted by Crippen LogP contribution is 2.22. The lowest BCUT2D eigenvalue weighted by Crippen LogP contribution is -2.39. The minimum atomic E-state index is -3.64. The fourth-order valence-corrected chi connectivity index (χ4v) is 4.55. The maximum absolute atomic E-state index is 12.5. The second kappa shape index (κ2) is 9.62. The molecule has 0 aliphatic carbocycles. The number of hydrogen-bond donors (Lipinski definition) is 1. The summed E-state index contributed by atoms with van der Waals surface area (Å²) in [6.45, 7) is 9.68. The number of nitrogens with zero attached hydrogens (tertiary/aromatic N) is 3. The Labute approximate surface area is 195 Å². The quantitative estimate of drug-likeness (QED) is 0.423. The van der Waals surface area contributed by atoms with Crippen LogP contribution in [0.25, 0.3) is 5.69 Å². The lowest BCUT2D eigenvalue weighted by molar-refractivity contribution is -0.119. The maximum atomic E-state index is 12.5. The molecule has 0 radical (unpaired) electrons. The van der Waals surface area contributed by atoms with Gasteiger partial charge in [-0.1, -0.05) is 18.2 Å². The van der Waals surface area contributed by atoms with Gasteiger partial charge in [-0.05, 0) is 81.6 Å². The van der Waals surface area contributed by atoms with Gasteiger partial charge in [-0.15, -0.1) is 0 Å². The van der Waals surface area contributed by atoms with Crippen LogP contribution in [0.4, 0.5) is 5.69 Å². The van der Waals surface area contributed by atoms with Crippen LogP contribution in [-0.2, 0) is 14.8 Å². The number of amides is 1. The lowest BCUT2D eigenvalue weighted by Gasteiger charge is -2.21. The van der Waals surface area contributed by atoms with Crippen LogP contribution in [0, 0.1) is 34.6 Å². The number of carbonyl (C=O) groups is 1. The zero-order valence-electron chi connectivity index (χ0n) is 19.9. The van der Waals surface area contributed by atoms with Crippen molar-refractivity contribution >= 4 is 27.8 Å². The fourth-order valence-electron chi connectivity index (χ4n) is 3.70. The van der Waals surface area contributed by atoms with E-state index in [1.54, 1.807) is 24.4 Å². The molecule has 1 N–H and O–H groups in total. The van der Waals surface area contributed by atoms with Crippen molar-refractivity contribution < 1.29 is 13.2 Å². The second-order valence-corrected chi connectivity index (χ2v) is 10.2. The number of sulfonamides is 1. The standard InChI is InChI=1S/C25H30N4O3S/c1-17-8-7-9-23(12-17)28(33(6,31)32)16-25(30)27-26-15-22-14-20(4)29(21(22)5)24-11-10-18(2)19(3)13-24/h7-15H,16H2,1-6H3,(H,27,30)/b26-15-. The molecule has 1 aromatic heterocycles. The summed E-state index contributed by atoms with van der Waals surface area (Å²) in [5.41, 5.74) is 10.2. The summed E-state index contributed by atoms with van der Waals surface area (Å²) in [5.74, 6) is -0.527. The average Bonchev–Trinajstić information content (AvgIpc) is 3.00. The van der Waals surface area contributed by atoms with Crippen LogP contribution < -0.4 is 9.73 Å². The Balaban J connectivity index is 1.75. The number of carbonyl (C=O) groups excluding carboxylic acids is 1. The highest BCUT2D eigenvalue weighted by Gasteiger charge is 2.20. The Morgan fingerprint density at radius 2 is 1.76 bits per heavy atom. The van der Waals surface area contributed by atoms with Crippen molar-refractivity contribution in [1.82, 2.24) is 9.99 Å². The summed E-state index contributed by atoms with van der Waals surface area (Å²) in [5, 5.41) is 4.07. The van der Waals surface area contributed by atoms with Crippen LogP contribution in [-0.4, -0.2) is 37.9 Å². The van der Waals surface area contributed by atoms with Gasteiger partial charge in [0.2, 0.25) is 10.0 Å². The Kier molecular flexibility index (Phi) is 7.07. The first kappa shape index (κ1) is 24.3. The minimum absolute atomic E-state index is 0.360. The molecule has 0 atom stereocenters. The predicted octanol–water partition coefficient (Wildman–Crippen LogP) is 3.94. The minimum Gasteiger partial charge on any atom is -0.318 e. The highest BCUT2D eigenvalue weighted by atomic mass is 32.2. The SMILES string of the molecule is Cc1cccc(N(CC(=O)N/N=C\c2cc(C)n(-c3ccc(C)c(C)c3)c2C)S(C)(=O)=O)c1. The van der Waals surface area contributed by atoms with Gasteiger partial charge in [0.15, 0.2) is 0 Å². The monoisotopic (exact) mass is 466 g/mol. The molecule has 174 valence electrons. The normalized spacial score (nSPS) is 11.7. The number of benzene rings is 2. The van der Waals surface area contributed by atoms with Crippen LogP contribution in [0.2, 0.25) is 0 Å². The second-order valence-electron chi connectivity index (χ2n) is 8.33. The van der Waals surface area contributed by atoms with E-state index in [1.165, 1.54) is 11.1 Å². The molecular weight excluding hydrogens is 436 g/mol. The molecule has 0 spiro atoms. The van der Waals surface area contributed by atoms with Gasteiger partial charge in [-0.3, -0.25) is 9.10 Å². The molecule has 1 heterocycles. The first-order valence-electron chi connectivity index (χ1n) is 10.6. The van der Waals surface area contributed by atoms with Gasteiger partial charge in [0.1, 0.15) is 6.54 Å². The molecule has 0 bridgehead atoms. The summed E-state index contributed by atoms with van der Waals surface area (Å²) in [6, 6.07) is 15.3. The van der Waals surface area contributed by atoms with Gasteiger partial charge < -0.3 is 4.57 Å². The molecule has 7 nitrogen and oxygen atoms in total. The molecule has 1 amide bonds. The number of nitrogens with one attached hydrogen (secondary N) is 1. The van der Waals surface area contributed by atoms with Crippen LogP contribution >= 0.6 is 0 Å². The Morgan fingerprint density at radius 1 is 1.03 bits per heavy atom. The van der Waals surface area contributed by atoms with Gasteiger partial charge in [-0.2, -0.15) is 5.10 Å². The first-order chi connectivity index (χ1) is 15.5. The summed E-state index contributed by atoms with van der Waals surface area (Å²) >= 11 is 0. The molecule has 33 heavy (non-hydrogen) atoms. The summed E-state index contributed by atoms with van der Waals surface area (Å²) in [4.78, 5) is 12.5. The summed E-state index contributed by atoms with van der Waals surface area (Å²) < 4.78 is 27.7. The molecule has 0 fully saturated rings. The Morgan fingerprint density at radius 3 is 2.39 bits per heavy atom. The van der Waals surface area contributed by atoms with Gasteiger partial charge in [0.05, 0.1) is 18.2 Å². The molecule has 8 heteroatoms. The molecule has 0 unspecified atom stereocenters. The Bertz CT molecular complexity index is 1320. The van der Waals surface area contributed by atoms with Gasteiger partial charge >= 0.3 is 0 Å². The molecule has 0 aliphatic rings. The van der Waals surface area contributed by atoms with Crippen LogP contribution in [0.1, 0.15) is 33.6 Å². The molecule has 2 aromatic carbocycles.